The van der Waals surface area contributed by atoms with Gasteiger partial charge in [-0.05, 0) is 69.5 Å². The van der Waals surface area contributed by atoms with E-state index in [-0.39, 0.29) is 23.3 Å². The third kappa shape index (κ3) is 10.3. The number of hydrogen-bond acceptors (Lipinski definition) is 3. The van der Waals surface area contributed by atoms with Crippen molar-refractivity contribution in [1.29, 1.82) is 0 Å². The van der Waals surface area contributed by atoms with E-state index in [1.165, 1.54) is 0 Å². The molecule has 5 heteroatoms. The van der Waals surface area contributed by atoms with Crippen molar-refractivity contribution in [3.8, 4) is 0 Å². The molecule has 0 aliphatic rings. The Labute approximate surface area is 176 Å². The lowest BCUT2D eigenvalue weighted by atomic mass is 9.87. The molecule has 168 valence electrons. The number of alkyl carbamates (subject to hydrolysis) is 1. The van der Waals surface area contributed by atoms with Crippen molar-refractivity contribution in [2.24, 2.45) is 17.8 Å². The lowest BCUT2D eigenvalue weighted by Crippen LogP contribution is -2.53. The highest BCUT2D eigenvalue weighted by atomic mass is 28.4. The number of carbonyl (C=O) groups is 1. The standard InChI is InChI=1S/C23H49NO3Si/c1-16(2)14-19(24-21(25)26-22(6,7)8)20(15-18(5)17(3)4)27-28(12,13)23(9,10)11/h16-20H,14-15H2,1-13H3,(H,24,25)/t18-,19-,20+/m0/s1. The minimum Gasteiger partial charge on any atom is -0.444 e. The van der Waals surface area contributed by atoms with Gasteiger partial charge in [0.1, 0.15) is 5.60 Å². The monoisotopic (exact) mass is 415 g/mol. The molecule has 0 heterocycles. The van der Waals surface area contributed by atoms with Crippen LogP contribution in [0.2, 0.25) is 18.1 Å². The molecule has 28 heavy (non-hydrogen) atoms. The minimum atomic E-state index is -1.97. The van der Waals surface area contributed by atoms with Gasteiger partial charge in [0.2, 0.25) is 0 Å². The second-order valence-corrected chi connectivity index (χ2v) is 16.5. The summed E-state index contributed by atoms with van der Waals surface area (Å²) >= 11 is 0. The highest BCUT2D eigenvalue weighted by molar-refractivity contribution is 6.74. The molecule has 0 bridgehead atoms. The molecule has 4 nitrogen and oxygen atoms in total. The predicted octanol–water partition coefficient (Wildman–Crippen LogP) is 7.00. The predicted molar refractivity (Wildman–Crippen MR) is 123 cm³/mol. The SMILES string of the molecule is CC(C)C[C@H](NC(=O)OC(C)(C)C)[C@@H](C[C@H](C)C(C)C)O[Si](C)(C)C(C)(C)C. The van der Waals surface area contributed by atoms with E-state index in [0.29, 0.717) is 17.8 Å². The molecule has 0 aliphatic carbocycles. The normalized spacial score (nSPS) is 16.8. The zero-order valence-corrected chi connectivity index (χ0v) is 22.0. The molecule has 0 aromatic heterocycles. The van der Waals surface area contributed by atoms with Crippen molar-refractivity contribution < 1.29 is 14.0 Å². The van der Waals surface area contributed by atoms with Crippen LogP contribution in [0.15, 0.2) is 0 Å². The van der Waals surface area contributed by atoms with E-state index in [1.807, 2.05) is 20.8 Å². The molecule has 1 amide bonds. The quantitative estimate of drug-likeness (QED) is 0.412. The lowest BCUT2D eigenvalue weighted by Gasteiger charge is -2.43. The zero-order valence-electron chi connectivity index (χ0n) is 21.0. The molecule has 1 N–H and O–H groups in total. The van der Waals surface area contributed by atoms with E-state index in [2.05, 4.69) is 73.8 Å². The van der Waals surface area contributed by atoms with Gasteiger partial charge in [-0.15, -0.1) is 0 Å². The molecule has 0 aromatic rings. The van der Waals surface area contributed by atoms with Gasteiger partial charge in [0.25, 0.3) is 0 Å². The number of ether oxygens (including phenoxy) is 1. The van der Waals surface area contributed by atoms with Crippen LogP contribution in [0, 0.1) is 17.8 Å². The molecule has 3 atom stereocenters. The van der Waals surface area contributed by atoms with Gasteiger partial charge >= 0.3 is 6.09 Å². The van der Waals surface area contributed by atoms with E-state index in [0.717, 1.165) is 12.8 Å². The van der Waals surface area contributed by atoms with Crippen LogP contribution < -0.4 is 5.32 Å². The number of rotatable bonds is 9. The topological polar surface area (TPSA) is 47.6 Å². The second kappa shape index (κ2) is 10.5. The molecule has 0 rings (SSSR count). The van der Waals surface area contributed by atoms with Gasteiger partial charge in [-0.1, -0.05) is 55.4 Å². The van der Waals surface area contributed by atoms with Crippen molar-refractivity contribution in [3.63, 3.8) is 0 Å². The fourth-order valence-electron chi connectivity index (χ4n) is 2.76. The smallest absolute Gasteiger partial charge is 0.407 e. The first-order chi connectivity index (χ1) is 12.4. The van der Waals surface area contributed by atoms with Crippen LogP contribution in [0.25, 0.3) is 0 Å². The number of carbonyl (C=O) groups excluding carboxylic acids is 1. The number of hydrogen-bond donors (Lipinski definition) is 1. The van der Waals surface area contributed by atoms with E-state index in [4.69, 9.17) is 9.16 Å². The van der Waals surface area contributed by atoms with Crippen LogP contribution in [0.5, 0.6) is 0 Å². The molecular weight excluding hydrogens is 366 g/mol. The van der Waals surface area contributed by atoms with Gasteiger partial charge < -0.3 is 14.5 Å². The van der Waals surface area contributed by atoms with Crippen molar-refractivity contribution in [2.75, 3.05) is 0 Å². The summed E-state index contributed by atoms with van der Waals surface area (Å²) in [5, 5.41) is 3.28. The van der Waals surface area contributed by atoms with Gasteiger partial charge in [-0.3, -0.25) is 0 Å². The lowest BCUT2D eigenvalue weighted by molar-refractivity contribution is 0.0381. The average Bonchev–Trinajstić information content (AvgIpc) is 2.41. The molecule has 0 saturated carbocycles. The Kier molecular flexibility index (Phi) is 10.3. The summed E-state index contributed by atoms with van der Waals surface area (Å²) in [5.74, 6) is 1.55. The second-order valence-electron chi connectivity index (χ2n) is 11.8. The van der Waals surface area contributed by atoms with E-state index >= 15 is 0 Å². The van der Waals surface area contributed by atoms with Gasteiger partial charge in [-0.2, -0.15) is 0 Å². The largest absolute Gasteiger partial charge is 0.444 e. The third-order valence-electron chi connectivity index (χ3n) is 5.87. The summed E-state index contributed by atoms with van der Waals surface area (Å²) in [7, 11) is -1.97. The van der Waals surface area contributed by atoms with Crippen molar-refractivity contribution in [3.05, 3.63) is 0 Å². The Morgan fingerprint density at radius 1 is 0.929 bits per heavy atom. The summed E-state index contributed by atoms with van der Waals surface area (Å²) in [6, 6.07) is -0.0508. The summed E-state index contributed by atoms with van der Waals surface area (Å²) in [5.41, 5.74) is -0.506. The zero-order chi connectivity index (χ0) is 22.5. The molecule has 0 saturated heterocycles. The molecule has 0 radical (unpaired) electrons. The molecule has 0 fully saturated rings. The molecule has 0 unspecified atom stereocenters. The van der Waals surface area contributed by atoms with Gasteiger partial charge in [0, 0.05) is 0 Å². The van der Waals surface area contributed by atoms with Crippen LogP contribution in [0.3, 0.4) is 0 Å². The van der Waals surface area contributed by atoms with Crippen LogP contribution in [-0.2, 0) is 9.16 Å². The van der Waals surface area contributed by atoms with Crippen molar-refractivity contribution in [1.82, 2.24) is 5.32 Å². The van der Waals surface area contributed by atoms with E-state index in [9.17, 15) is 4.79 Å². The third-order valence-corrected chi connectivity index (χ3v) is 10.4. The Balaban J connectivity index is 5.71. The van der Waals surface area contributed by atoms with Gasteiger partial charge in [0.15, 0.2) is 8.32 Å². The maximum absolute atomic E-state index is 12.6. The highest BCUT2D eigenvalue weighted by Crippen LogP contribution is 2.39. The Bertz CT molecular complexity index is 475. The first-order valence-corrected chi connectivity index (χ1v) is 13.9. The molecule has 0 spiro atoms. The molecule has 0 aliphatic heterocycles. The number of amides is 1. The van der Waals surface area contributed by atoms with Crippen LogP contribution in [-0.4, -0.2) is 32.2 Å². The summed E-state index contributed by atoms with van der Waals surface area (Å²) in [4.78, 5) is 12.6. The first-order valence-electron chi connectivity index (χ1n) is 11.0. The van der Waals surface area contributed by atoms with Gasteiger partial charge in [-0.25, -0.2) is 4.79 Å². The average molecular weight is 416 g/mol. The van der Waals surface area contributed by atoms with Gasteiger partial charge in [0.05, 0.1) is 12.1 Å². The summed E-state index contributed by atoms with van der Waals surface area (Å²) in [6.07, 6.45) is 1.47. The van der Waals surface area contributed by atoms with Crippen LogP contribution in [0.4, 0.5) is 4.79 Å². The van der Waals surface area contributed by atoms with Crippen LogP contribution in [0.1, 0.15) is 89.0 Å². The van der Waals surface area contributed by atoms with E-state index in [1.54, 1.807) is 0 Å². The van der Waals surface area contributed by atoms with Crippen molar-refractivity contribution >= 4 is 14.4 Å². The maximum Gasteiger partial charge on any atom is 0.407 e. The Hall–Kier alpha value is -0.553. The fourth-order valence-corrected chi connectivity index (χ4v) is 4.13. The maximum atomic E-state index is 12.6. The first kappa shape index (κ1) is 27.4. The minimum absolute atomic E-state index is 0.00629. The molecular formula is C23H49NO3Si. The summed E-state index contributed by atoms with van der Waals surface area (Å²) in [6.45, 7) is 28.3. The molecule has 0 aromatic carbocycles. The van der Waals surface area contributed by atoms with Crippen molar-refractivity contribution in [2.45, 2.75) is 125 Å². The fraction of sp³-hybridized carbons (Fsp3) is 0.957. The Morgan fingerprint density at radius 3 is 1.79 bits per heavy atom. The highest BCUT2D eigenvalue weighted by Gasteiger charge is 2.41. The number of nitrogens with one attached hydrogen (secondary N) is 1. The summed E-state index contributed by atoms with van der Waals surface area (Å²) < 4.78 is 12.4. The Morgan fingerprint density at radius 2 is 1.43 bits per heavy atom. The van der Waals surface area contributed by atoms with Crippen LogP contribution >= 0.6 is 0 Å². The van der Waals surface area contributed by atoms with E-state index < -0.39 is 13.9 Å².